The van der Waals surface area contributed by atoms with E-state index in [1.807, 2.05) is 74.5 Å². The molecule has 3 aromatic carbocycles. The number of sulfonamides is 1. The monoisotopic (exact) mass is 689 g/mol. The van der Waals surface area contributed by atoms with Gasteiger partial charge in [-0.15, -0.1) is 0 Å². The van der Waals surface area contributed by atoms with Gasteiger partial charge in [-0.2, -0.15) is 0 Å². The zero-order valence-electron chi connectivity index (χ0n) is 28.3. The van der Waals surface area contributed by atoms with Crippen LogP contribution in [0.2, 0.25) is 5.02 Å². The Bertz CT molecular complexity index is 1680. The molecule has 48 heavy (non-hydrogen) atoms. The molecule has 0 spiro atoms. The van der Waals surface area contributed by atoms with Crippen LogP contribution < -0.4 is 9.62 Å². The normalized spacial score (nSPS) is 23.6. The molecule has 0 radical (unpaired) electrons. The minimum atomic E-state index is -3.85. The molecule has 0 aliphatic heterocycles. The van der Waals surface area contributed by atoms with E-state index >= 15 is 0 Å². The van der Waals surface area contributed by atoms with Gasteiger partial charge >= 0.3 is 0 Å². The van der Waals surface area contributed by atoms with Crippen LogP contribution in [-0.4, -0.2) is 50.5 Å². The summed E-state index contributed by atoms with van der Waals surface area (Å²) in [5.74, 6) is 1.83. The SMILES string of the molecule is CC(C)CNC(=O)[C@@H](Cc1ccccc1)N(Cc1ccccc1Cl)C(=O)CN(c1ccc(C23CC4CC(CC(C4)C2)C3)cc1)S(C)(=O)=O. The summed E-state index contributed by atoms with van der Waals surface area (Å²) in [6, 6.07) is 23.8. The maximum atomic E-state index is 14.5. The highest BCUT2D eigenvalue weighted by molar-refractivity contribution is 7.92. The van der Waals surface area contributed by atoms with Crippen LogP contribution in [0.1, 0.15) is 69.1 Å². The number of rotatable bonds is 13. The van der Waals surface area contributed by atoms with E-state index in [2.05, 4.69) is 17.4 Å². The Morgan fingerprint density at radius 1 is 0.875 bits per heavy atom. The van der Waals surface area contributed by atoms with E-state index in [1.165, 1.54) is 53.3 Å². The fourth-order valence-electron chi connectivity index (χ4n) is 8.85. The Hall–Kier alpha value is -3.36. The van der Waals surface area contributed by atoms with Gasteiger partial charge in [-0.25, -0.2) is 8.42 Å². The number of halogens is 1. The number of carbonyl (C=O) groups excluding carboxylic acids is 2. The number of nitrogens with one attached hydrogen (secondary N) is 1. The van der Waals surface area contributed by atoms with Crippen molar-refractivity contribution in [1.29, 1.82) is 0 Å². The van der Waals surface area contributed by atoms with E-state index < -0.39 is 28.5 Å². The van der Waals surface area contributed by atoms with Crippen LogP contribution in [-0.2, 0) is 38.0 Å². The van der Waals surface area contributed by atoms with Crippen LogP contribution in [0.5, 0.6) is 0 Å². The summed E-state index contributed by atoms with van der Waals surface area (Å²) < 4.78 is 27.8. The molecule has 4 aliphatic rings. The third kappa shape index (κ3) is 7.76. The van der Waals surface area contributed by atoms with Gasteiger partial charge in [0.15, 0.2) is 0 Å². The molecule has 1 N–H and O–H groups in total. The lowest BCUT2D eigenvalue weighted by Gasteiger charge is -2.57. The van der Waals surface area contributed by atoms with Crippen molar-refractivity contribution in [3.8, 4) is 0 Å². The molecule has 0 heterocycles. The van der Waals surface area contributed by atoms with Crippen molar-refractivity contribution in [3.05, 3.63) is 101 Å². The average Bonchev–Trinajstić information content (AvgIpc) is 3.04. The Kier molecular flexibility index (Phi) is 10.2. The fraction of sp³-hybridized carbons (Fsp3) is 0.487. The van der Waals surface area contributed by atoms with Crippen molar-refractivity contribution in [1.82, 2.24) is 10.2 Å². The Morgan fingerprint density at radius 3 is 2.02 bits per heavy atom. The van der Waals surface area contributed by atoms with Gasteiger partial charge in [-0.1, -0.05) is 86.1 Å². The van der Waals surface area contributed by atoms with Gasteiger partial charge in [-0.05, 0) is 103 Å². The number of benzene rings is 3. The van der Waals surface area contributed by atoms with Crippen LogP contribution in [0, 0.1) is 23.7 Å². The zero-order valence-corrected chi connectivity index (χ0v) is 29.8. The molecule has 7 nitrogen and oxygen atoms in total. The summed E-state index contributed by atoms with van der Waals surface area (Å²) in [6.45, 7) is 4.08. The van der Waals surface area contributed by atoms with E-state index in [0.29, 0.717) is 22.8 Å². The molecular formula is C39H48ClN3O4S. The van der Waals surface area contributed by atoms with Gasteiger partial charge in [0.05, 0.1) is 11.9 Å². The van der Waals surface area contributed by atoms with Crippen LogP contribution in [0.3, 0.4) is 0 Å². The van der Waals surface area contributed by atoms with Crippen molar-refractivity contribution < 1.29 is 18.0 Å². The highest BCUT2D eigenvalue weighted by Gasteiger charge is 2.51. The smallest absolute Gasteiger partial charge is 0.244 e. The van der Waals surface area contributed by atoms with Crippen LogP contribution in [0.25, 0.3) is 0 Å². The lowest BCUT2D eigenvalue weighted by molar-refractivity contribution is -0.140. The minimum Gasteiger partial charge on any atom is -0.354 e. The molecule has 1 atom stereocenters. The largest absolute Gasteiger partial charge is 0.354 e. The molecule has 4 aliphatic carbocycles. The highest BCUT2D eigenvalue weighted by Crippen LogP contribution is 2.60. The quantitative estimate of drug-likeness (QED) is 0.210. The molecule has 0 aromatic heterocycles. The number of carbonyl (C=O) groups is 2. The lowest BCUT2D eigenvalue weighted by atomic mass is 9.48. The summed E-state index contributed by atoms with van der Waals surface area (Å²) in [7, 11) is -3.85. The third-order valence-electron chi connectivity index (χ3n) is 10.7. The van der Waals surface area contributed by atoms with E-state index in [1.54, 1.807) is 6.07 Å². The van der Waals surface area contributed by atoms with Gasteiger partial charge in [-0.3, -0.25) is 13.9 Å². The van der Waals surface area contributed by atoms with E-state index in [9.17, 15) is 18.0 Å². The molecule has 2 amide bonds. The molecule has 9 heteroatoms. The van der Waals surface area contributed by atoms with E-state index in [-0.39, 0.29) is 30.2 Å². The summed E-state index contributed by atoms with van der Waals surface area (Å²) in [4.78, 5) is 29.8. The number of anilines is 1. The molecule has 0 unspecified atom stereocenters. The Morgan fingerprint density at radius 2 is 1.46 bits per heavy atom. The first-order chi connectivity index (χ1) is 22.9. The van der Waals surface area contributed by atoms with Crippen molar-refractivity contribution in [2.45, 2.75) is 76.8 Å². The van der Waals surface area contributed by atoms with E-state index in [4.69, 9.17) is 11.6 Å². The summed E-state index contributed by atoms with van der Waals surface area (Å²) >= 11 is 6.58. The molecule has 4 fully saturated rings. The predicted octanol–water partition coefficient (Wildman–Crippen LogP) is 6.99. The molecular weight excluding hydrogens is 642 g/mol. The second-order valence-electron chi connectivity index (χ2n) is 15.0. The van der Waals surface area contributed by atoms with Gasteiger partial charge in [0.25, 0.3) is 0 Å². The van der Waals surface area contributed by atoms with Crippen LogP contribution in [0.15, 0.2) is 78.9 Å². The second kappa shape index (κ2) is 14.2. The maximum Gasteiger partial charge on any atom is 0.244 e. The number of amides is 2. The number of hydrogen-bond acceptors (Lipinski definition) is 4. The molecule has 3 aromatic rings. The summed E-state index contributed by atoms with van der Waals surface area (Å²) in [5.41, 5.74) is 3.47. The summed E-state index contributed by atoms with van der Waals surface area (Å²) in [6.07, 6.45) is 9.09. The standard InChI is InChI=1S/C39H48ClN3O4S/c1-27(2)24-41-38(45)36(20-28-9-5-4-6-10-28)42(25-32-11-7-8-12-35(32)40)37(44)26-43(48(3,46)47)34-15-13-33(14-16-34)39-21-29-17-30(22-39)19-31(18-29)23-39/h4-16,27,29-31,36H,17-26H2,1-3H3,(H,41,45)/t29?,30?,31?,36-,39?/m1/s1. The van der Waals surface area contributed by atoms with Gasteiger partial charge < -0.3 is 10.2 Å². The van der Waals surface area contributed by atoms with Crippen LogP contribution in [0.4, 0.5) is 5.69 Å². The maximum absolute atomic E-state index is 14.5. The number of nitrogens with zero attached hydrogens (tertiary/aromatic N) is 2. The Labute approximate surface area is 291 Å². The molecule has 0 saturated heterocycles. The second-order valence-corrected chi connectivity index (χ2v) is 17.3. The average molecular weight is 690 g/mol. The first-order valence-electron chi connectivity index (χ1n) is 17.3. The van der Waals surface area contributed by atoms with Crippen molar-refractivity contribution in [2.75, 3.05) is 23.7 Å². The molecule has 256 valence electrons. The van der Waals surface area contributed by atoms with Gasteiger partial charge in [0.1, 0.15) is 12.6 Å². The van der Waals surface area contributed by atoms with Gasteiger partial charge in [0, 0.05) is 24.5 Å². The first kappa shape index (κ1) is 34.5. The highest BCUT2D eigenvalue weighted by atomic mass is 35.5. The molecule has 7 rings (SSSR count). The third-order valence-corrected chi connectivity index (χ3v) is 12.2. The summed E-state index contributed by atoms with van der Waals surface area (Å²) in [5, 5.41) is 3.49. The fourth-order valence-corrected chi connectivity index (χ4v) is 9.89. The molecule has 4 bridgehead atoms. The Balaban J connectivity index is 1.31. The lowest BCUT2D eigenvalue weighted by Crippen LogP contribution is -2.53. The first-order valence-corrected chi connectivity index (χ1v) is 19.6. The van der Waals surface area contributed by atoms with Crippen molar-refractivity contribution >= 4 is 39.1 Å². The van der Waals surface area contributed by atoms with E-state index in [0.717, 1.165) is 29.6 Å². The minimum absolute atomic E-state index is 0.0493. The van der Waals surface area contributed by atoms with Crippen molar-refractivity contribution in [2.24, 2.45) is 23.7 Å². The number of hydrogen-bond donors (Lipinski definition) is 1. The van der Waals surface area contributed by atoms with Crippen LogP contribution >= 0.6 is 11.6 Å². The zero-order chi connectivity index (χ0) is 34.1. The van der Waals surface area contributed by atoms with Crippen molar-refractivity contribution in [3.63, 3.8) is 0 Å². The predicted molar refractivity (Wildman–Crippen MR) is 192 cm³/mol. The molecule has 4 saturated carbocycles. The topological polar surface area (TPSA) is 86.8 Å². The van der Waals surface area contributed by atoms with Gasteiger partial charge in [0.2, 0.25) is 21.8 Å².